The van der Waals surface area contributed by atoms with E-state index in [4.69, 9.17) is 0 Å². The zero-order chi connectivity index (χ0) is 63.6. The Morgan fingerprint density at radius 3 is 1.31 bits per heavy atom. The molecule has 3 nitrogen and oxygen atoms in total. The number of rotatable bonds is 5. The summed E-state index contributed by atoms with van der Waals surface area (Å²) in [6.45, 7) is 0. The lowest BCUT2D eigenvalue weighted by atomic mass is 9.95. The Morgan fingerprint density at radius 1 is 0.184 bits per heavy atom. The Kier molecular flexibility index (Phi) is 10.8. The van der Waals surface area contributed by atoms with Crippen LogP contribution in [0, 0.1) is 0 Å². The van der Waals surface area contributed by atoms with E-state index >= 15 is 0 Å². The van der Waals surface area contributed by atoms with Crippen LogP contribution in [-0.4, -0.2) is 13.7 Å². The molecule has 17 aromatic carbocycles. The smallest absolute Gasteiger partial charge is 0.0720 e. The average Bonchev–Trinajstić information content (AvgIpc) is 1.56. The molecule has 0 spiro atoms. The normalized spacial score (nSPS) is 12.5. The fraction of sp³-hybridized carbons (Fsp3) is 0. The van der Waals surface area contributed by atoms with Crippen LogP contribution in [0.2, 0.25) is 0 Å². The van der Waals surface area contributed by atoms with E-state index in [-0.39, 0.29) is 0 Å². The molecule has 0 atom stereocenters. The van der Waals surface area contributed by atoms with Crippen LogP contribution in [0.5, 0.6) is 0 Å². The largest absolute Gasteiger partial charge is 0.308 e. The van der Waals surface area contributed by atoms with Gasteiger partial charge in [-0.3, -0.25) is 0 Å². The van der Waals surface area contributed by atoms with Crippen LogP contribution in [0.15, 0.2) is 309 Å². The van der Waals surface area contributed by atoms with Crippen molar-refractivity contribution in [3.05, 3.63) is 309 Å². The fourth-order valence-electron chi connectivity index (χ4n) is 17.1. The highest BCUT2D eigenvalue weighted by molar-refractivity contribution is 7.27. The van der Waals surface area contributed by atoms with Gasteiger partial charge in [-0.15, -0.1) is 34.0 Å². The Balaban J connectivity index is 0.713. The first-order chi connectivity index (χ1) is 48.6. The molecule has 6 heterocycles. The molecule has 0 amide bonds. The highest BCUT2D eigenvalue weighted by atomic mass is 32.1. The summed E-state index contributed by atoms with van der Waals surface area (Å²) >= 11 is 5.74. The third-order valence-electron chi connectivity index (χ3n) is 21.5. The summed E-state index contributed by atoms with van der Waals surface area (Å²) in [5.41, 5.74) is 15.7. The summed E-state index contributed by atoms with van der Waals surface area (Å²) in [6.07, 6.45) is 0. The lowest BCUT2D eigenvalue weighted by Crippen LogP contribution is -1.97. The monoisotopic (exact) mass is 1290 g/mol. The fourth-order valence-corrected chi connectivity index (χ4v) is 20.8. The summed E-state index contributed by atoms with van der Waals surface area (Å²) in [4.78, 5) is 0. The molecule has 0 bridgehead atoms. The Hall–Kier alpha value is -11.9. The van der Waals surface area contributed by atoms with E-state index in [9.17, 15) is 0 Å². The van der Waals surface area contributed by atoms with Gasteiger partial charge in [-0.2, -0.15) is 0 Å². The van der Waals surface area contributed by atoms with Gasteiger partial charge in [-0.05, 0) is 150 Å². The molecular formula is C92H51N3S3. The van der Waals surface area contributed by atoms with Crippen LogP contribution in [0.1, 0.15) is 0 Å². The van der Waals surface area contributed by atoms with Gasteiger partial charge in [-0.1, -0.05) is 231 Å². The first kappa shape index (κ1) is 53.4. The van der Waals surface area contributed by atoms with Gasteiger partial charge in [0, 0.05) is 95.5 Å². The lowest BCUT2D eigenvalue weighted by molar-refractivity contribution is 1.19. The van der Waals surface area contributed by atoms with E-state index in [2.05, 4.69) is 323 Å². The third-order valence-corrected chi connectivity index (χ3v) is 25.1. The molecule has 23 aromatic rings. The molecule has 0 aliphatic rings. The van der Waals surface area contributed by atoms with Crippen molar-refractivity contribution in [1.82, 2.24) is 13.7 Å². The van der Waals surface area contributed by atoms with Gasteiger partial charge in [0.2, 0.25) is 0 Å². The van der Waals surface area contributed by atoms with Crippen LogP contribution in [0.25, 0.3) is 219 Å². The first-order valence-corrected chi connectivity index (χ1v) is 36.0. The van der Waals surface area contributed by atoms with E-state index in [1.807, 2.05) is 34.0 Å². The van der Waals surface area contributed by atoms with Crippen LogP contribution in [0.4, 0.5) is 0 Å². The number of aromatic nitrogens is 3. The number of nitrogens with zero attached hydrogens (tertiary/aromatic N) is 3. The van der Waals surface area contributed by atoms with Crippen LogP contribution in [-0.2, 0) is 0 Å². The van der Waals surface area contributed by atoms with Gasteiger partial charge < -0.3 is 13.7 Å². The van der Waals surface area contributed by atoms with E-state index in [0.29, 0.717) is 0 Å². The number of benzene rings is 17. The van der Waals surface area contributed by atoms with Crippen LogP contribution in [0.3, 0.4) is 0 Å². The predicted octanol–water partition coefficient (Wildman–Crippen LogP) is 27.2. The molecule has 0 aliphatic carbocycles. The molecular weight excluding hydrogens is 1240 g/mol. The highest BCUT2D eigenvalue weighted by Gasteiger charge is 2.25. The molecule has 0 saturated heterocycles. The van der Waals surface area contributed by atoms with Crippen molar-refractivity contribution in [3.63, 3.8) is 0 Å². The molecule has 452 valence electrons. The summed E-state index contributed by atoms with van der Waals surface area (Å²) < 4.78 is 15.4. The average molecular weight is 1290 g/mol. The van der Waals surface area contributed by atoms with Crippen LogP contribution >= 0.6 is 34.0 Å². The summed E-state index contributed by atoms with van der Waals surface area (Å²) in [7, 11) is 0. The standard InChI is InChI=1S/C92H51N3S3/c1-2-15-54-45-61(32-27-52(54)13-1)93-80-22-10-7-19-67(80)72-40-43-77-79-48-56(31-44-85(79)97-92(77)87(72)93)57-29-35-69-74-39-42-76-71-36-30-58(51-86(71)98-90(76)88(74)94(82(69)49-57)62-33-37-65-60(46-62)26-25-53-14-3-5-17-63(53)65)55-28-34-66-64-18-6-4-16-59(64)50-83(78(66)47-55)95-81-23-11-8-20-68(81)73-38-41-75-70-21-9-12-24-84(70)96-91(75)89(73)95/h1-51H. The molecule has 0 aliphatic heterocycles. The molecule has 0 unspecified atom stereocenters. The molecule has 0 radical (unpaired) electrons. The minimum Gasteiger partial charge on any atom is -0.308 e. The minimum atomic E-state index is 1.15. The van der Waals surface area contributed by atoms with Gasteiger partial charge >= 0.3 is 0 Å². The second-order valence-corrected chi connectivity index (χ2v) is 29.8. The number of fused-ring (bicyclic) bond motifs is 28. The summed E-state index contributed by atoms with van der Waals surface area (Å²) in [5, 5.41) is 27.8. The molecule has 23 rings (SSSR count). The van der Waals surface area contributed by atoms with Gasteiger partial charge in [-0.25, -0.2) is 0 Å². The molecule has 0 saturated carbocycles. The molecule has 0 fully saturated rings. The van der Waals surface area contributed by atoms with E-state index in [1.165, 1.54) is 213 Å². The van der Waals surface area contributed by atoms with Crippen molar-refractivity contribution < 1.29 is 0 Å². The zero-order valence-electron chi connectivity index (χ0n) is 52.5. The van der Waals surface area contributed by atoms with Crippen molar-refractivity contribution in [2.75, 3.05) is 0 Å². The predicted molar refractivity (Wildman–Crippen MR) is 427 cm³/mol. The SMILES string of the molecule is c1ccc2cc(-n3c4ccccc4c4ccc5c6cc(-c7ccc8c9ccc%10c%11ccc(-c%12ccc%13c(c%12)c(-n%12c%14ccccc%14c%14ccc%15c%16ccccc%16sc%15c%14%12)cc%12ccccc%12%13)cc%11sc%10c9n(-c9ccc%10c(ccc%11ccccc%11%10)c9)c8c7)ccc6sc5c43)ccc2c1. The topological polar surface area (TPSA) is 14.8 Å². The minimum absolute atomic E-state index is 1.15. The van der Waals surface area contributed by atoms with Crippen molar-refractivity contribution in [1.29, 1.82) is 0 Å². The number of hydrogen-bond acceptors (Lipinski definition) is 3. The van der Waals surface area contributed by atoms with Crippen molar-refractivity contribution in [2.24, 2.45) is 0 Å². The number of thiophene rings is 3. The zero-order valence-corrected chi connectivity index (χ0v) is 55.0. The third kappa shape index (κ3) is 7.40. The van der Waals surface area contributed by atoms with E-state index in [1.54, 1.807) is 0 Å². The highest BCUT2D eigenvalue weighted by Crippen LogP contribution is 2.50. The first-order valence-electron chi connectivity index (χ1n) is 33.6. The van der Waals surface area contributed by atoms with E-state index in [0.717, 1.165) is 5.69 Å². The maximum absolute atomic E-state index is 2.58. The molecule has 98 heavy (non-hydrogen) atoms. The summed E-state index contributed by atoms with van der Waals surface area (Å²) in [6, 6.07) is 117. The van der Waals surface area contributed by atoms with Crippen LogP contribution < -0.4 is 0 Å². The summed E-state index contributed by atoms with van der Waals surface area (Å²) in [5.74, 6) is 0. The van der Waals surface area contributed by atoms with E-state index < -0.39 is 0 Å². The Labute approximate surface area is 571 Å². The van der Waals surface area contributed by atoms with Gasteiger partial charge in [0.1, 0.15) is 0 Å². The molecule has 6 aromatic heterocycles. The second kappa shape index (κ2) is 19.9. The van der Waals surface area contributed by atoms with Gasteiger partial charge in [0.25, 0.3) is 0 Å². The molecule has 0 N–H and O–H groups in total. The maximum Gasteiger partial charge on any atom is 0.0720 e. The Bertz CT molecular complexity index is 7510. The maximum atomic E-state index is 2.58. The second-order valence-electron chi connectivity index (χ2n) is 26.6. The van der Waals surface area contributed by atoms with Gasteiger partial charge in [0.15, 0.2) is 0 Å². The van der Waals surface area contributed by atoms with Crippen molar-refractivity contribution in [3.8, 4) is 39.3 Å². The Morgan fingerprint density at radius 2 is 0.582 bits per heavy atom. The molecule has 6 heteroatoms. The quantitative estimate of drug-likeness (QED) is 0.153. The lowest BCUT2D eigenvalue weighted by Gasteiger charge is -2.16. The number of para-hydroxylation sites is 2. The van der Waals surface area contributed by atoms with Crippen molar-refractivity contribution in [2.45, 2.75) is 0 Å². The van der Waals surface area contributed by atoms with Gasteiger partial charge in [0.05, 0.1) is 52.9 Å². The number of hydrogen-bond donors (Lipinski definition) is 0. The van der Waals surface area contributed by atoms with Crippen molar-refractivity contribution >= 4 is 214 Å².